The molecule has 0 unspecified atom stereocenters. The minimum Gasteiger partial charge on any atom is -0.492 e. The molecular formula is C26H29FN2O5. The zero-order valence-corrected chi connectivity index (χ0v) is 19.7. The van der Waals surface area contributed by atoms with Crippen molar-refractivity contribution in [1.29, 1.82) is 0 Å². The topological polar surface area (TPSA) is 92.0 Å². The van der Waals surface area contributed by atoms with E-state index in [9.17, 15) is 9.18 Å². The maximum Gasteiger partial charge on any atom is 0.255 e. The number of amides is 1. The number of rotatable bonds is 10. The number of carbonyl (C=O) groups is 1. The van der Waals surface area contributed by atoms with Crippen LogP contribution in [0.2, 0.25) is 0 Å². The second-order valence-electron chi connectivity index (χ2n) is 7.56. The van der Waals surface area contributed by atoms with Gasteiger partial charge in [-0.3, -0.25) is 4.79 Å². The van der Waals surface area contributed by atoms with Crippen molar-refractivity contribution in [3.63, 3.8) is 0 Å². The molecular weight excluding hydrogens is 439 g/mol. The summed E-state index contributed by atoms with van der Waals surface area (Å²) in [5.74, 6) is 0.707. The Morgan fingerprint density at radius 1 is 0.941 bits per heavy atom. The van der Waals surface area contributed by atoms with Crippen molar-refractivity contribution in [2.45, 2.75) is 19.9 Å². The van der Waals surface area contributed by atoms with Crippen LogP contribution in [0.15, 0.2) is 48.5 Å². The molecule has 1 amide bonds. The molecule has 0 aliphatic carbocycles. The van der Waals surface area contributed by atoms with Gasteiger partial charge < -0.3 is 30.0 Å². The van der Waals surface area contributed by atoms with E-state index in [1.165, 1.54) is 39.5 Å². The molecule has 3 aromatic rings. The van der Waals surface area contributed by atoms with Crippen LogP contribution in [0.1, 0.15) is 27.0 Å². The molecule has 8 heteroatoms. The minimum atomic E-state index is -0.440. The lowest BCUT2D eigenvalue weighted by atomic mass is 10.1. The average molecular weight is 469 g/mol. The van der Waals surface area contributed by atoms with Crippen molar-refractivity contribution < 1.29 is 28.1 Å². The lowest BCUT2D eigenvalue weighted by Crippen LogP contribution is -2.24. The zero-order chi connectivity index (χ0) is 24.7. The van der Waals surface area contributed by atoms with Crippen LogP contribution in [0.25, 0.3) is 0 Å². The molecule has 180 valence electrons. The number of nitrogens with one attached hydrogen (secondary N) is 1. The van der Waals surface area contributed by atoms with Gasteiger partial charge in [0, 0.05) is 12.6 Å². The monoisotopic (exact) mass is 468 g/mol. The quantitative estimate of drug-likeness (QED) is 0.459. The summed E-state index contributed by atoms with van der Waals surface area (Å²) in [6, 6.07) is 13.4. The normalized spacial score (nSPS) is 10.5. The van der Waals surface area contributed by atoms with Crippen LogP contribution in [0.4, 0.5) is 4.39 Å². The number of ether oxygens (including phenoxy) is 4. The maximum absolute atomic E-state index is 13.6. The highest BCUT2D eigenvalue weighted by atomic mass is 19.1. The van der Waals surface area contributed by atoms with Gasteiger partial charge >= 0.3 is 0 Å². The van der Waals surface area contributed by atoms with Gasteiger partial charge in [0.15, 0.2) is 11.5 Å². The number of hydrogen-bond donors (Lipinski definition) is 2. The summed E-state index contributed by atoms with van der Waals surface area (Å²) in [6.07, 6.45) is 0.759. The molecule has 34 heavy (non-hydrogen) atoms. The van der Waals surface area contributed by atoms with Gasteiger partial charge in [-0.1, -0.05) is 18.2 Å². The van der Waals surface area contributed by atoms with Crippen molar-refractivity contribution in [3.8, 4) is 28.7 Å². The molecule has 0 radical (unpaired) electrons. The lowest BCUT2D eigenvalue weighted by Gasteiger charge is -2.19. The third kappa shape index (κ3) is 5.58. The number of halogens is 1. The van der Waals surface area contributed by atoms with E-state index in [-0.39, 0.29) is 40.9 Å². The molecule has 0 saturated heterocycles. The number of carbonyl (C=O) groups excluding carboxylic acids is 1. The van der Waals surface area contributed by atoms with Crippen LogP contribution in [-0.2, 0) is 13.0 Å². The number of hydrogen-bond acceptors (Lipinski definition) is 6. The lowest BCUT2D eigenvalue weighted by molar-refractivity contribution is 0.0946. The van der Waals surface area contributed by atoms with Gasteiger partial charge in [0.1, 0.15) is 11.6 Å². The van der Waals surface area contributed by atoms with E-state index in [0.29, 0.717) is 17.9 Å². The fourth-order valence-electron chi connectivity index (χ4n) is 3.54. The zero-order valence-electron chi connectivity index (χ0n) is 19.7. The van der Waals surface area contributed by atoms with Crippen LogP contribution >= 0.6 is 0 Å². The van der Waals surface area contributed by atoms with Crippen molar-refractivity contribution in [2.24, 2.45) is 5.73 Å². The van der Waals surface area contributed by atoms with Gasteiger partial charge in [-0.15, -0.1) is 0 Å². The summed E-state index contributed by atoms with van der Waals surface area (Å²) in [4.78, 5) is 13.1. The largest absolute Gasteiger partial charge is 0.492 e. The average Bonchev–Trinajstić information content (AvgIpc) is 2.84. The summed E-state index contributed by atoms with van der Waals surface area (Å²) in [5, 5.41) is 2.81. The highest BCUT2D eigenvalue weighted by Crippen LogP contribution is 2.48. The van der Waals surface area contributed by atoms with E-state index in [2.05, 4.69) is 5.32 Å². The summed E-state index contributed by atoms with van der Waals surface area (Å²) in [6.45, 7) is 2.54. The number of methoxy groups -OCH3 is 3. The first kappa shape index (κ1) is 24.9. The first-order valence-electron chi connectivity index (χ1n) is 10.7. The van der Waals surface area contributed by atoms with Gasteiger partial charge in [-0.05, 0) is 60.8 Å². The fourth-order valence-corrected chi connectivity index (χ4v) is 3.54. The van der Waals surface area contributed by atoms with Gasteiger partial charge in [0.2, 0.25) is 11.5 Å². The van der Waals surface area contributed by atoms with Gasteiger partial charge in [0.05, 0.1) is 26.9 Å². The van der Waals surface area contributed by atoms with Crippen LogP contribution in [0, 0.1) is 12.7 Å². The maximum atomic E-state index is 13.6. The van der Waals surface area contributed by atoms with Crippen molar-refractivity contribution in [1.82, 2.24) is 5.32 Å². The standard InChI is InChI=1S/C26H29FN2O5/c1-16-5-8-19(27)13-18(16)15-29-26(30)21-14-22(24(32-3)25(33-4)23(21)31-2)34-20-9-6-17(7-10-20)11-12-28/h5-10,13-14H,11-12,15,28H2,1-4H3,(H,29,30). The number of nitrogens with two attached hydrogens (primary N) is 1. The van der Waals surface area contributed by atoms with E-state index in [1.807, 2.05) is 31.2 Å². The molecule has 7 nitrogen and oxygen atoms in total. The SMILES string of the molecule is COc1c(Oc2ccc(CCN)cc2)cc(C(=O)NCc2cc(F)ccc2C)c(OC)c1OC. The Kier molecular flexibility index (Phi) is 8.32. The van der Waals surface area contributed by atoms with Crippen molar-refractivity contribution in [2.75, 3.05) is 27.9 Å². The second-order valence-corrected chi connectivity index (χ2v) is 7.56. The molecule has 3 aromatic carbocycles. The van der Waals surface area contributed by atoms with Crippen LogP contribution in [0.3, 0.4) is 0 Å². The predicted octanol–water partition coefficient (Wildman–Crippen LogP) is 4.38. The van der Waals surface area contributed by atoms with E-state index < -0.39 is 5.91 Å². The predicted molar refractivity (Wildman–Crippen MR) is 128 cm³/mol. The Morgan fingerprint density at radius 2 is 1.62 bits per heavy atom. The van der Waals surface area contributed by atoms with Crippen LogP contribution in [0.5, 0.6) is 28.7 Å². The number of benzene rings is 3. The Hall–Kier alpha value is -3.78. The molecule has 0 spiro atoms. The van der Waals surface area contributed by atoms with Crippen molar-refractivity contribution in [3.05, 3.63) is 76.6 Å². The minimum absolute atomic E-state index is 0.138. The third-order valence-corrected chi connectivity index (χ3v) is 5.35. The smallest absolute Gasteiger partial charge is 0.255 e. The van der Waals surface area contributed by atoms with Crippen LogP contribution < -0.4 is 30.0 Å². The Morgan fingerprint density at radius 3 is 2.24 bits per heavy atom. The Labute approximate surface area is 198 Å². The van der Waals surface area contributed by atoms with Crippen molar-refractivity contribution >= 4 is 5.91 Å². The summed E-state index contributed by atoms with van der Waals surface area (Å²) in [5.41, 5.74) is 8.41. The molecule has 0 fully saturated rings. The summed E-state index contributed by atoms with van der Waals surface area (Å²) >= 11 is 0. The van der Waals surface area contributed by atoms with Gasteiger partial charge in [0.25, 0.3) is 5.91 Å². The molecule has 0 aliphatic rings. The highest BCUT2D eigenvalue weighted by Gasteiger charge is 2.26. The molecule has 0 aliphatic heterocycles. The van der Waals surface area contributed by atoms with E-state index in [1.54, 1.807) is 6.07 Å². The van der Waals surface area contributed by atoms with Crippen LogP contribution in [-0.4, -0.2) is 33.8 Å². The molecule has 0 atom stereocenters. The van der Waals surface area contributed by atoms with E-state index in [0.717, 1.165) is 17.5 Å². The molecule has 0 aromatic heterocycles. The van der Waals surface area contributed by atoms with E-state index in [4.69, 9.17) is 24.7 Å². The molecule has 3 rings (SSSR count). The number of aryl methyl sites for hydroxylation is 1. The van der Waals surface area contributed by atoms with Gasteiger partial charge in [-0.2, -0.15) is 0 Å². The van der Waals surface area contributed by atoms with Gasteiger partial charge in [-0.25, -0.2) is 4.39 Å². The molecule has 0 bridgehead atoms. The fraction of sp³-hybridized carbons (Fsp3) is 0.269. The Bertz CT molecular complexity index is 1150. The summed E-state index contributed by atoms with van der Waals surface area (Å²) < 4.78 is 36.2. The molecule has 0 heterocycles. The third-order valence-electron chi connectivity index (χ3n) is 5.35. The Balaban J connectivity index is 1.95. The second kappa shape index (κ2) is 11.4. The molecule has 0 saturated carbocycles. The molecule has 3 N–H and O–H groups in total. The summed E-state index contributed by atoms with van der Waals surface area (Å²) in [7, 11) is 4.35. The first-order chi connectivity index (χ1) is 16.4. The first-order valence-corrected chi connectivity index (χ1v) is 10.7. The highest BCUT2D eigenvalue weighted by molar-refractivity contribution is 5.99. The van der Waals surface area contributed by atoms with E-state index >= 15 is 0 Å².